The molecule has 0 amide bonds. The number of rotatable bonds is 3. The normalized spacial score (nSPS) is 10.4. The smallest absolute Gasteiger partial charge is 0.168 e. The fraction of sp³-hybridized carbons (Fsp3) is 0.0769. The number of nitrogens with zero attached hydrogens (tertiary/aromatic N) is 1. The van der Waals surface area contributed by atoms with Gasteiger partial charge in [-0.2, -0.15) is 0 Å². The molecule has 0 unspecified atom stereocenters. The maximum absolute atomic E-state index is 13.0. The van der Waals surface area contributed by atoms with E-state index in [1.54, 1.807) is 12.3 Å². The minimum atomic E-state index is -0.532. The van der Waals surface area contributed by atoms with E-state index in [0.29, 0.717) is 11.3 Å². The zero-order valence-electron chi connectivity index (χ0n) is 9.16. The van der Waals surface area contributed by atoms with Crippen molar-refractivity contribution in [2.75, 3.05) is 0 Å². The second-order valence-corrected chi connectivity index (χ2v) is 5.02. The van der Waals surface area contributed by atoms with E-state index in [1.165, 1.54) is 18.2 Å². The predicted octanol–water partition coefficient (Wildman–Crippen LogP) is 4.06. The van der Waals surface area contributed by atoms with Crippen molar-refractivity contribution in [1.29, 1.82) is 0 Å². The first-order valence-electron chi connectivity index (χ1n) is 5.15. The molecule has 0 saturated carbocycles. The van der Waals surface area contributed by atoms with Gasteiger partial charge in [0.1, 0.15) is 5.82 Å². The van der Waals surface area contributed by atoms with E-state index < -0.39 is 5.82 Å². The highest BCUT2D eigenvalue weighted by Gasteiger charge is 2.10. The third-order valence-electron chi connectivity index (χ3n) is 2.37. The average Bonchev–Trinajstić information content (AvgIpc) is 2.35. The molecular formula is C13H8BrClFNO. The lowest BCUT2D eigenvalue weighted by Gasteiger charge is -2.02. The molecule has 0 N–H and O–H groups in total. The van der Waals surface area contributed by atoms with Crippen LogP contribution in [0.2, 0.25) is 5.02 Å². The van der Waals surface area contributed by atoms with Gasteiger partial charge in [0, 0.05) is 21.9 Å². The van der Waals surface area contributed by atoms with Crippen LogP contribution in [-0.4, -0.2) is 10.8 Å². The number of aromatic nitrogens is 1. The van der Waals surface area contributed by atoms with Crippen LogP contribution >= 0.6 is 27.5 Å². The van der Waals surface area contributed by atoms with Crippen molar-refractivity contribution in [1.82, 2.24) is 4.98 Å². The number of carbonyl (C=O) groups is 1. The molecule has 1 aromatic heterocycles. The monoisotopic (exact) mass is 327 g/mol. The summed E-state index contributed by atoms with van der Waals surface area (Å²) in [6.07, 6.45) is 1.79. The summed E-state index contributed by atoms with van der Waals surface area (Å²) in [6, 6.07) is 7.51. The Hall–Kier alpha value is -1.26. The molecule has 0 aliphatic heterocycles. The van der Waals surface area contributed by atoms with Crippen molar-refractivity contribution in [2.24, 2.45) is 0 Å². The molecule has 0 aliphatic carbocycles. The number of Topliss-reactive ketones (excluding diaryl/α,β-unsaturated/α-hetero) is 1. The molecule has 0 bridgehead atoms. The van der Waals surface area contributed by atoms with Gasteiger partial charge in [-0.3, -0.25) is 9.78 Å². The molecule has 2 nitrogen and oxygen atoms in total. The van der Waals surface area contributed by atoms with Gasteiger partial charge < -0.3 is 0 Å². The maximum Gasteiger partial charge on any atom is 0.168 e. The second-order valence-electron chi connectivity index (χ2n) is 3.70. The molecule has 92 valence electrons. The first kappa shape index (κ1) is 13.2. The topological polar surface area (TPSA) is 30.0 Å². The Bertz CT molecular complexity index is 586. The minimum Gasteiger partial charge on any atom is -0.294 e. The zero-order chi connectivity index (χ0) is 13.1. The Morgan fingerprint density at radius 2 is 2.11 bits per heavy atom. The molecule has 1 aromatic carbocycles. The molecule has 5 heteroatoms. The van der Waals surface area contributed by atoms with Crippen LogP contribution in [0.1, 0.15) is 16.1 Å². The summed E-state index contributed by atoms with van der Waals surface area (Å²) in [5, 5.41) is -0.0513. The van der Waals surface area contributed by atoms with Gasteiger partial charge in [-0.25, -0.2) is 4.39 Å². The Balaban J connectivity index is 2.16. The molecule has 2 aromatic rings. The fourth-order valence-corrected chi connectivity index (χ4v) is 1.86. The molecule has 0 radical (unpaired) electrons. The van der Waals surface area contributed by atoms with Gasteiger partial charge in [0.15, 0.2) is 5.78 Å². The van der Waals surface area contributed by atoms with Gasteiger partial charge in [-0.15, -0.1) is 0 Å². The molecule has 0 aliphatic rings. The van der Waals surface area contributed by atoms with E-state index >= 15 is 0 Å². The number of benzene rings is 1. The molecular weight excluding hydrogens is 321 g/mol. The summed E-state index contributed by atoms with van der Waals surface area (Å²) < 4.78 is 13.8. The number of hydrogen-bond acceptors (Lipinski definition) is 2. The summed E-state index contributed by atoms with van der Waals surface area (Å²) >= 11 is 8.90. The van der Waals surface area contributed by atoms with Crippen molar-refractivity contribution in [3.63, 3.8) is 0 Å². The highest BCUT2D eigenvalue weighted by molar-refractivity contribution is 9.10. The molecule has 0 atom stereocenters. The fourth-order valence-electron chi connectivity index (χ4n) is 1.45. The van der Waals surface area contributed by atoms with Gasteiger partial charge in [0.2, 0.25) is 0 Å². The zero-order valence-corrected chi connectivity index (χ0v) is 11.5. The van der Waals surface area contributed by atoms with E-state index in [1.807, 2.05) is 6.07 Å². The number of ketones is 1. The van der Waals surface area contributed by atoms with Crippen LogP contribution in [0.15, 0.2) is 41.0 Å². The quantitative estimate of drug-likeness (QED) is 0.795. The van der Waals surface area contributed by atoms with Crippen LogP contribution in [0.5, 0.6) is 0 Å². The van der Waals surface area contributed by atoms with Gasteiger partial charge in [0.25, 0.3) is 0 Å². The maximum atomic E-state index is 13.0. The molecule has 1 heterocycles. The van der Waals surface area contributed by atoms with E-state index in [2.05, 4.69) is 20.9 Å². The van der Waals surface area contributed by atoms with E-state index in [9.17, 15) is 9.18 Å². The predicted molar refractivity (Wildman–Crippen MR) is 71.4 cm³/mol. The van der Waals surface area contributed by atoms with Gasteiger partial charge in [-0.05, 0) is 46.3 Å². The Kier molecular flexibility index (Phi) is 4.09. The number of halogens is 3. The number of pyridine rings is 1. The lowest BCUT2D eigenvalue weighted by molar-refractivity contribution is 0.0992. The van der Waals surface area contributed by atoms with E-state index in [0.717, 1.165) is 4.47 Å². The van der Waals surface area contributed by atoms with Gasteiger partial charge >= 0.3 is 0 Å². The van der Waals surface area contributed by atoms with Gasteiger partial charge in [-0.1, -0.05) is 11.6 Å². The summed E-state index contributed by atoms with van der Waals surface area (Å²) in [7, 11) is 0. The van der Waals surface area contributed by atoms with Crippen LogP contribution < -0.4 is 0 Å². The van der Waals surface area contributed by atoms with Crippen LogP contribution in [0.3, 0.4) is 0 Å². The van der Waals surface area contributed by atoms with Crippen LogP contribution in [0.4, 0.5) is 4.39 Å². The molecule has 2 rings (SSSR count). The van der Waals surface area contributed by atoms with Crippen molar-refractivity contribution in [2.45, 2.75) is 6.42 Å². The highest BCUT2D eigenvalue weighted by atomic mass is 79.9. The van der Waals surface area contributed by atoms with Crippen molar-refractivity contribution in [3.8, 4) is 0 Å². The Morgan fingerprint density at radius 1 is 1.33 bits per heavy atom. The first-order valence-corrected chi connectivity index (χ1v) is 6.32. The van der Waals surface area contributed by atoms with E-state index in [4.69, 9.17) is 11.6 Å². The summed E-state index contributed by atoms with van der Waals surface area (Å²) in [5.74, 6) is -0.679. The SMILES string of the molecule is O=C(Cc1ccc(Br)cn1)c1ccc(F)c(Cl)c1. The van der Waals surface area contributed by atoms with Crippen molar-refractivity contribution in [3.05, 3.63) is 63.1 Å². The summed E-state index contributed by atoms with van der Waals surface area (Å²) in [6.45, 7) is 0. The van der Waals surface area contributed by atoms with Crippen molar-refractivity contribution >= 4 is 33.3 Å². The largest absolute Gasteiger partial charge is 0.294 e. The molecule has 18 heavy (non-hydrogen) atoms. The number of hydrogen-bond donors (Lipinski definition) is 0. The standard InChI is InChI=1S/C13H8BrClFNO/c14-9-2-3-10(17-7-9)6-13(18)8-1-4-12(16)11(15)5-8/h1-5,7H,6H2. The minimum absolute atomic E-state index is 0.0513. The lowest BCUT2D eigenvalue weighted by Crippen LogP contribution is -2.05. The van der Waals surface area contributed by atoms with Crippen LogP contribution in [0.25, 0.3) is 0 Å². The molecule has 0 spiro atoms. The second kappa shape index (κ2) is 5.59. The van der Waals surface area contributed by atoms with Gasteiger partial charge in [0.05, 0.1) is 11.4 Å². The van der Waals surface area contributed by atoms with Crippen molar-refractivity contribution < 1.29 is 9.18 Å². The Labute approximate surface area is 117 Å². The third kappa shape index (κ3) is 3.15. The van der Waals surface area contributed by atoms with Crippen LogP contribution in [-0.2, 0) is 6.42 Å². The average molecular weight is 329 g/mol. The highest BCUT2D eigenvalue weighted by Crippen LogP contribution is 2.17. The summed E-state index contributed by atoms with van der Waals surface area (Å²) in [5.41, 5.74) is 1.04. The molecule has 0 saturated heterocycles. The third-order valence-corrected chi connectivity index (χ3v) is 3.13. The van der Waals surface area contributed by atoms with E-state index in [-0.39, 0.29) is 17.2 Å². The number of carbonyl (C=O) groups excluding carboxylic acids is 1. The lowest BCUT2D eigenvalue weighted by atomic mass is 10.1. The Morgan fingerprint density at radius 3 is 2.72 bits per heavy atom. The van der Waals surface area contributed by atoms with Crippen LogP contribution in [0, 0.1) is 5.82 Å². The molecule has 0 fully saturated rings. The first-order chi connectivity index (χ1) is 8.56. The summed E-state index contributed by atoms with van der Waals surface area (Å²) in [4.78, 5) is 16.0.